The molecule has 0 N–H and O–H groups in total. The summed E-state index contributed by atoms with van der Waals surface area (Å²) in [6.45, 7) is 7.73. The Labute approximate surface area is 170 Å². The van der Waals surface area contributed by atoms with Gasteiger partial charge in [-0.15, -0.1) is 0 Å². The molecule has 2 saturated heterocycles. The van der Waals surface area contributed by atoms with Gasteiger partial charge in [-0.3, -0.25) is 4.79 Å². The third-order valence-electron chi connectivity index (χ3n) is 7.37. The topological polar surface area (TPSA) is 32.8 Å². The normalized spacial score (nSPS) is 27.4. The summed E-state index contributed by atoms with van der Waals surface area (Å²) < 4.78 is 5.34. The first-order valence-electron chi connectivity index (χ1n) is 11.3. The van der Waals surface area contributed by atoms with Gasteiger partial charge in [-0.2, -0.15) is 0 Å². The monoisotopic (exact) mass is 384 g/mol. The van der Waals surface area contributed by atoms with Crippen molar-refractivity contribution in [3.05, 3.63) is 29.8 Å². The molecule has 3 aliphatic rings. The minimum atomic E-state index is 0.283. The molecule has 28 heavy (non-hydrogen) atoms. The molecule has 4 nitrogen and oxygen atoms in total. The van der Waals surface area contributed by atoms with Crippen molar-refractivity contribution in [1.29, 1.82) is 0 Å². The standard InChI is InChI=1S/C24H36N2O2/c1-18-11-13-25(14-12-18)15-21-16-26(24(27)20-5-3-4-6-20)17-23(21)19-7-9-22(28-2)10-8-19/h7-10,18,20-21,23H,3-6,11-17H2,1-2H3/t21-,23-/m1/s1. The van der Waals surface area contributed by atoms with Crippen molar-refractivity contribution >= 4 is 5.91 Å². The van der Waals surface area contributed by atoms with Crippen LogP contribution in [0.5, 0.6) is 5.75 Å². The second-order valence-corrected chi connectivity index (χ2v) is 9.35. The number of benzene rings is 1. The first kappa shape index (κ1) is 19.8. The number of methoxy groups -OCH3 is 1. The number of hydrogen-bond donors (Lipinski definition) is 0. The van der Waals surface area contributed by atoms with Crippen LogP contribution in [0.1, 0.15) is 56.9 Å². The van der Waals surface area contributed by atoms with Gasteiger partial charge >= 0.3 is 0 Å². The van der Waals surface area contributed by atoms with E-state index < -0.39 is 0 Å². The Morgan fingerprint density at radius 2 is 1.71 bits per heavy atom. The van der Waals surface area contributed by atoms with Gasteiger partial charge in [-0.25, -0.2) is 0 Å². The highest BCUT2D eigenvalue weighted by atomic mass is 16.5. The summed E-state index contributed by atoms with van der Waals surface area (Å²) in [6.07, 6.45) is 7.26. The Morgan fingerprint density at radius 1 is 1.04 bits per heavy atom. The summed E-state index contributed by atoms with van der Waals surface area (Å²) in [4.78, 5) is 17.9. The van der Waals surface area contributed by atoms with E-state index in [1.54, 1.807) is 7.11 Å². The summed E-state index contributed by atoms with van der Waals surface area (Å²) >= 11 is 0. The maximum atomic E-state index is 13.1. The zero-order chi connectivity index (χ0) is 19.5. The van der Waals surface area contributed by atoms with Crippen LogP contribution in [0, 0.1) is 17.8 Å². The van der Waals surface area contributed by atoms with Gasteiger partial charge in [0.25, 0.3) is 0 Å². The van der Waals surface area contributed by atoms with Crippen LogP contribution in [-0.4, -0.2) is 55.5 Å². The van der Waals surface area contributed by atoms with Crippen LogP contribution in [0.25, 0.3) is 0 Å². The van der Waals surface area contributed by atoms with Crippen molar-refractivity contribution < 1.29 is 9.53 Å². The number of piperidine rings is 1. The molecule has 0 unspecified atom stereocenters. The first-order valence-corrected chi connectivity index (χ1v) is 11.3. The fourth-order valence-electron chi connectivity index (χ4n) is 5.47. The van der Waals surface area contributed by atoms with Crippen molar-refractivity contribution in [3.63, 3.8) is 0 Å². The highest BCUT2D eigenvalue weighted by molar-refractivity contribution is 5.79. The number of hydrogen-bond acceptors (Lipinski definition) is 3. The molecule has 2 heterocycles. The summed E-state index contributed by atoms with van der Waals surface area (Å²) in [7, 11) is 1.72. The van der Waals surface area contributed by atoms with Gasteiger partial charge in [0.2, 0.25) is 5.91 Å². The molecule has 0 aromatic heterocycles. The lowest BCUT2D eigenvalue weighted by Gasteiger charge is -2.33. The van der Waals surface area contributed by atoms with Crippen molar-refractivity contribution in [2.24, 2.45) is 17.8 Å². The Bertz CT molecular complexity index is 645. The third kappa shape index (κ3) is 4.37. The van der Waals surface area contributed by atoms with Crippen molar-refractivity contribution in [1.82, 2.24) is 9.80 Å². The molecule has 4 rings (SSSR count). The van der Waals surface area contributed by atoms with Gasteiger partial charge in [-0.1, -0.05) is 31.9 Å². The lowest BCUT2D eigenvalue weighted by atomic mass is 9.87. The molecule has 4 heteroatoms. The molecule has 3 fully saturated rings. The molecule has 154 valence electrons. The van der Waals surface area contributed by atoms with Crippen LogP contribution < -0.4 is 4.74 Å². The Morgan fingerprint density at radius 3 is 2.36 bits per heavy atom. The molecule has 1 aromatic carbocycles. The van der Waals surface area contributed by atoms with Crippen molar-refractivity contribution in [2.45, 2.75) is 51.4 Å². The molecular weight excluding hydrogens is 348 g/mol. The third-order valence-corrected chi connectivity index (χ3v) is 7.37. The largest absolute Gasteiger partial charge is 0.497 e. The molecule has 1 aliphatic carbocycles. The van der Waals surface area contributed by atoms with E-state index in [1.165, 1.54) is 44.3 Å². The van der Waals surface area contributed by atoms with E-state index in [0.717, 1.165) is 44.1 Å². The number of rotatable bonds is 5. The minimum Gasteiger partial charge on any atom is -0.497 e. The molecule has 2 aliphatic heterocycles. The first-order chi connectivity index (χ1) is 13.6. The van der Waals surface area contributed by atoms with Crippen molar-refractivity contribution in [2.75, 3.05) is 39.8 Å². The van der Waals surface area contributed by atoms with E-state index in [4.69, 9.17) is 4.74 Å². The number of nitrogens with zero attached hydrogens (tertiary/aromatic N) is 2. The quantitative estimate of drug-likeness (QED) is 0.764. The van der Waals surface area contributed by atoms with Crippen LogP contribution in [0.4, 0.5) is 0 Å². The fourth-order valence-corrected chi connectivity index (χ4v) is 5.47. The number of amides is 1. The molecule has 0 bridgehead atoms. The fraction of sp³-hybridized carbons (Fsp3) is 0.708. The van der Waals surface area contributed by atoms with E-state index in [9.17, 15) is 4.79 Å². The van der Waals surface area contributed by atoms with E-state index in [1.807, 2.05) is 0 Å². The van der Waals surface area contributed by atoms with Crippen LogP contribution in [0.15, 0.2) is 24.3 Å². The molecule has 1 amide bonds. The average molecular weight is 385 g/mol. The lowest BCUT2D eigenvalue weighted by Crippen LogP contribution is -2.39. The van der Waals surface area contributed by atoms with E-state index in [0.29, 0.717) is 17.7 Å². The second-order valence-electron chi connectivity index (χ2n) is 9.35. The average Bonchev–Trinajstić information content (AvgIpc) is 3.40. The molecule has 0 radical (unpaired) electrons. The van der Waals surface area contributed by atoms with Crippen LogP contribution in [-0.2, 0) is 4.79 Å². The molecule has 0 spiro atoms. The van der Waals surface area contributed by atoms with Crippen LogP contribution in [0.3, 0.4) is 0 Å². The van der Waals surface area contributed by atoms with Gasteiger partial charge < -0.3 is 14.5 Å². The number of likely N-dealkylation sites (tertiary alicyclic amines) is 2. The van der Waals surface area contributed by atoms with Gasteiger partial charge in [-0.05, 0) is 68.3 Å². The molecular formula is C24H36N2O2. The predicted octanol–water partition coefficient (Wildman–Crippen LogP) is 4.16. The molecule has 1 aromatic rings. The summed E-state index contributed by atoms with van der Waals surface area (Å²) in [5.74, 6) is 3.44. The van der Waals surface area contributed by atoms with E-state index in [-0.39, 0.29) is 5.92 Å². The Hall–Kier alpha value is -1.55. The van der Waals surface area contributed by atoms with Crippen LogP contribution >= 0.6 is 0 Å². The van der Waals surface area contributed by atoms with E-state index >= 15 is 0 Å². The maximum Gasteiger partial charge on any atom is 0.225 e. The molecule has 2 atom stereocenters. The smallest absolute Gasteiger partial charge is 0.225 e. The zero-order valence-corrected chi connectivity index (χ0v) is 17.6. The maximum absolute atomic E-state index is 13.1. The van der Waals surface area contributed by atoms with Gasteiger partial charge in [0.1, 0.15) is 5.75 Å². The predicted molar refractivity (Wildman–Crippen MR) is 113 cm³/mol. The summed E-state index contributed by atoms with van der Waals surface area (Å²) in [5.41, 5.74) is 1.36. The van der Waals surface area contributed by atoms with Crippen LogP contribution in [0.2, 0.25) is 0 Å². The van der Waals surface area contributed by atoms with Gasteiger partial charge in [0.15, 0.2) is 0 Å². The van der Waals surface area contributed by atoms with Gasteiger partial charge in [0, 0.05) is 31.5 Å². The SMILES string of the molecule is COc1ccc([C@H]2CN(C(=O)C3CCCC3)C[C@H]2CN2CCC(C)CC2)cc1. The molecule has 1 saturated carbocycles. The minimum absolute atomic E-state index is 0.283. The lowest BCUT2D eigenvalue weighted by molar-refractivity contribution is -0.134. The second kappa shape index (κ2) is 8.86. The highest BCUT2D eigenvalue weighted by Crippen LogP contribution is 2.37. The number of carbonyl (C=O) groups is 1. The number of carbonyl (C=O) groups excluding carboxylic acids is 1. The number of ether oxygens (including phenoxy) is 1. The zero-order valence-electron chi connectivity index (χ0n) is 17.6. The van der Waals surface area contributed by atoms with E-state index in [2.05, 4.69) is 41.0 Å². The summed E-state index contributed by atoms with van der Waals surface area (Å²) in [5, 5.41) is 0. The highest BCUT2D eigenvalue weighted by Gasteiger charge is 2.39. The Balaban J connectivity index is 1.48. The summed E-state index contributed by atoms with van der Waals surface area (Å²) in [6, 6.07) is 8.55. The Kier molecular flexibility index (Phi) is 6.25. The van der Waals surface area contributed by atoms with Gasteiger partial charge in [0.05, 0.1) is 7.11 Å². The van der Waals surface area contributed by atoms with Crippen molar-refractivity contribution in [3.8, 4) is 5.75 Å².